The van der Waals surface area contributed by atoms with Crippen LogP contribution < -0.4 is 0 Å². The summed E-state index contributed by atoms with van der Waals surface area (Å²) in [5.41, 5.74) is -0.166. The number of carbonyl (C=O) groups excluding carboxylic acids is 1. The van der Waals surface area contributed by atoms with E-state index < -0.39 is 0 Å². The van der Waals surface area contributed by atoms with Crippen LogP contribution in [0, 0.1) is 16.7 Å². The molecule has 1 spiro atoms. The van der Waals surface area contributed by atoms with E-state index in [0.29, 0.717) is 44.7 Å². The molecule has 1 saturated carbocycles. The minimum Gasteiger partial charge on any atom is -0.465 e. The van der Waals surface area contributed by atoms with Crippen molar-refractivity contribution < 1.29 is 19.1 Å². The van der Waals surface area contributed by atoms with E-state index in [-0.39, 0.29) is 29.1 Å². The normalized spacial score (nSPS) is 26.0. The van der Waals surface area contributed by atoms with E-state index in [1.807, 2.05) is 13.0 Å². The zero-order valence-electron chi connectivity index (χ0n) is 13.8. The molecule has 0 radical (unpaired) electrons. The van der Waals surface area contributed by atoms with E-state index >= 15 is 0 Å². The van der Waals surface area contributed by atoms with Crippen LogP contribution in [-0.4, -0.2) is 47.8 Å². The summed E-state index contributed by atoms with van der Waals surface area (Å²) in [5.74, 6) is 0.199. The number of aliphatic hydroxyl groups is 1. The lowest BCUT2D eigenvalue weighted by Crippen LogP contribution is -2.62. The van der Waals surface area contributed by atoms with Crippen LogP contribution in [0.25, 0.3) is 6.08 Å². The average molecular weight is 330 g/mol. The highest BCUT2D eigenvalue weighted by molar-refractivity contribution is 6.01. The van der Waals surface area contributed by atoms with Gasteiger partial charge in [0.2, 0.25) is 0 Å². The zero-order chi connectivity index (χ0) is 17.2. The third kappa shape index (κ3) is 2.85. The largest absolute Gasteiger partial charge is 0.465 e. The molecule has 2 unspecified atom stereocenters. The topological polar surface area (TPSA) is 86.7 Å². The van der Waals surface area contributed by atoms with Crippen molar-refractivity contribution in [1.82, 2.24) is 4.90 Å². The van der Waals surface area contributed by atoms with Gasteiger partial charge in [0.25, 0.3) is 5.91 Å². The van der Waals surface area contributed by atoms with Crippen LogP contribution >= 0.6 is 0 Å². The molecule has 0 aromatic carbocycles. The minimum atomic E-state index is -0.361. The van der Waals surface area contributed by atoms with E-state index in [1.165, 1.54) is 12.3 Å². The lowest BCUT2D eigenvalue weighted by Gasteiger charge is -2.56. The van der Waals surface area contributed by atoms with Crippen molar-refractivity contribution in [3.8, 4) is 6.07 Å². The van der Waals surface area contributed by atoms with E-state index in [1.54, 1.807) is 17.0 Å². The second-order valence-corrected chi connectivity index (χ2v) is 6.41. The number of carbonyl (C=O) groups is 1. The minimum absolute atomic E-state index is 0.0661. The number of likely N-dealkylation sites (tertiary alicyclic amines) is 1. The Labute approximate surface area is 141 Å². The Morgan fingerprint density at radius 3 is 2.88 bits per heavy atom. The molecular formula is C18H22N2O4. The highest BCUT2D eigenvalue weighted by atomic mass is 16.5. The average Bonchev–Trinajstić information content (AvgIpc) is 3.12. The number of furan rings is 1. The number of piperidine rings is 1. The molecule has 1 aromatic heterocycles. The Balaban J connectivity index is 1.66. The second kappa shape index (κ2) is 6.80. The lowest BCUT2D eigenvalue weighted by atomic mass is 9.58. The van der Waals surface area contributed by atoms with Crippen molar-refractivity contribution in [3.63, 3.8) is 0 Å². The molecule has 6 nitrogen and oxygen atoms in total. The van der Waals surface area contributed by atoms with Gasteiger partial charge < -0.3 is 19.2 Å². The molecule has 1 amide bonds. The number of hydrogen-bond acceptors (Lipinski definition) is 5. The Morgan fingerprint density at radius 2 is 2.33 bits per heavy atom. The van der Waals surface area contributed by atoms with Gasteiger partial charge in [-0.3, -0.25) is 4.79 Å². The number of nitriles is 1. The van der Waals surface area contributed by atoms with Crippen LogP contribution in [0.4, 0.5) is 0 Å². The molecule has 1 aliphatic heterocycles. The lowest BCUT2D eigenvalue weighted by molar-refractivity contribution is -0.209. The Kier molecular flexibility index (Phi) is 4.74. The van der Waals surface area contributed by atoms with Crippen molar-refractivity contribution >= 4 is 12.0 Å². The Bertz CT molecular complexity index is 649. The fourth-order valence-corrected chi connectivity index (χ4v) is 3.77. The summed E-state index contributed by atoms with van der Waals surface area (Å²) in [6, 6.07) is 5.37. The van der Waals surface area contributed by atoms with Crippen molar-refractivity contribution in [2.24, 2.45) is 5.41 Å². The number of rotatable bonds is 4. The fraction of sp³-hybridized carbons (Fsp3) is 0.556. The van der Waals surface area contributed by atoms with Gasteiger partial charge in [0.05, 0.1) is 18.5 Å². The summed E-state index contributed by atoms with van der Waals surface area (Å²) >= 11 is 0. The van der Waals surface area contributed by atoms with Crippen LogP contribution in [0.2, 0.25) is 0 Å². The van der Waals surface area contributed by atoms with Crippen molar-refractivity contribution in [2.45, 2.75) is 38.4 Å². The third-order valence-electron chi connectivity index (χ3n) is 5.27. The smallest absolute Gasteiger partial charge is 0.264 e. The SMILES string of the molecule is CCOC1CC(O)C12CCN(C(=O)/C(C#N)=C/c1ccco1)CC2. The zero-order valence-corrected chi connectivity index (χ0v) is 13.8. The molecule has 128 valence electrons. The maximum atomic E-state index is 12.6. The number of nitrogens with zero attached hydrogens (tertiary/aromatic N) is 2. The van der Waals surface area contributed by atoms with Crippen LogP contribution in [0.5, 0.6) is 0 Å². The molecule has 3 rings (SSSR count). The number of amides is 1. The molecular weight excluding hydrogens is 308 g/mol. The molecule has 2 atom stereocenters. The first-order chi connectivity index (χ1) is 11.6. The highest BCUT2D eigenvalue weighted by Crippen LogP contribution is 2.51. The summed E-state index contributed by atoms with van der Waals surface area (Å²) in [7, 11) is 0. The van der Waals surface area contributed by atoms with Gasteiger partial charge in [-0.2, -0.15) is 5.26 Å². The first-order valence-corrected chi connectivity index (χ1v) is 8.35. The molecule has 6 heteroatoms. The van der Waals surface area contributed by atoms with Gasteiger partial charge in [-0.1, -0.05) is 0 Å². The first kappa shape index (κ1) is 16.7. The van der Waals surface area contributed by atoms with E-state index in [2.05, 4.69) is 0 Å². The van der Waals surface area contributed by atoms with E-state index in [0.717, 1.165) is 0 Å². The summed E-state index contributed by atoms with van der Waals surface area (Å²) in [4.78, 5) is 14.2. The second-order valence-electron chi connectivity index (χ2n) is 6.41. The maximum absolute atomic E-state index is 12.6. The third-order valence-corrected chi connectivity index (χ3v) is 5.27. The summed E-state index contributed by atoms with van der Waals surface area (Å²) in [5, 5.41) is 19.5. The van der Waals surface area contributed by atoms with Gasteiger partial charge >= 0.3 is 0 Å². The molecule has 2 fully saturated rings. The van der Waals surface area contributed by atoms with E-state index in [4.69, 9.17) is 9.15 Å². The van der Waals surface area contributed by atoms with Crippen LogP contribution in [0.1, 0.15) is 31.9 Å². The van der Waals surface area contributed by atoms with Gasteiger partial charge in [0.15, 0.2) is 0 Å². The van der Waals surface area contributed by atoms with Gasteiger partial charge in [-0.25, -0.2) is 0 Å². The molecule has 24 heavy (non-hydrogen) atoms. The van der Waals surface area contributed by atoms with Crippen LogP contribution in [0.3, 0.4) is 0 Å². The summed E-state index contributed by atoms with van der Waals surface area (Å²) in [6.45, 7) is 3.63. The number of hydrogen-bond donors (Lipinski definition) is 1. The van der Waals surface area contributed by atoms with Crippen LogP contribution in [0.15, 0.2) is 28.4 Å². The molecule has 1 aliphatic carbocycles. The number of aliphatic hydroxyl groups excluding tert-OH is 1. The van der Waals surface area contributed by atoms with E-state index in [9.17, 15) is 15.2 Å². The van der Waals surface area contributed by atoms with Gasteiger partial charge in [-0.15, -0.1) is 0 Å². The fourth-order valence-electron chi connectivity index (χ4n) is 3.77. The van der Waals surface area contributed by atoms with Gasteiger partial charge in [0, 0.05) is 37.6 Å². The predicted molar refractivity (Wildman–Crippen MR) is 86.6 cm³/mol. The van der Waals surface area contributed by atoms with Crippen molar-refractivity contribution in [1.29, 1.82) is 5.26 Å². The number of ether oxygens (including phenoxy) is 1. The molecule has 1 N–H and O–H groups in total. The van der Waals surface area contributed by atoms with Gasteiger partial charge in [-0.05, 0) is 31.9 Å². The monoisotopic (exact) mass is 330 g/mol. The van der Waals surface area contributed by atoms with Crippen molar-refractivity contribution in [2.75, 3.05) is 19.7 Å². The molecule has 0 bridgehead atoms. The van der Waals surface area contributed by atoms with Gasteiger partial charge in [0.1, 0.15) is 17.4 Å². The highest BCUT2D eigenvalue weighted by Gasteiger charge is 2.56. The Morgan fingerprint density at radius 1 is 1.58 bits per heavy atom. The summed E-state index contributed by atoms with van der Waals surface area (Å²) in [6.07, 6.45) is 4.75. The molecule has 1 saturated heterocycles. The first-order valence-electron chi connectivity index (χ1n) is 8.35. The molecule has 1 aromatic rings. The maximum Gasteiger partial charge on any atom is 0.264 e. The standard InChI is InChI=1S/C18H22N2O4/c1-2-23-16-11-15(21)18(16)5-7-20(8-6-18)17(22)13(12-19)10-14-4-3-9-24-14/h3-4,9-10,15-16,21H,2,5-8,11H2,1H3/b13-10+. The van der Waals surface area contributed by atoms with Crippen LogP contribution in [-0.2, 0) is 9.53 Å². The Hall–Kier alpha value is -2.10. The molecule has 2 heterocycles. The predicted octanol–water partition coefficient (Wildman–Crippen LogP) is 1.97. The quantitative estimate of drug-likeness (QED) is 0.674. The van der Waals surface area contributed by atoms with Crippen molar-refractivity contribution in [3.05, 3.63) is 29.7 Å². The molecule has 2 aliphatic rings. The summed E-state index contributed by atoms with van der Waals surface area (Å²) < 4.78 is 10.9.